The summed E-state index contributed by atoms with van der Waals surface area (Å²) in [6, 6.07) is 4.62. The van der Waals surface area contributed by atoms with Crippen molar-refractivity contribution in [3.8, 4) is 5.75 Å². The lowest BCUT2D eigenvalue weighted by Crippen LogP contribution is -2.04. The fraction of sp³-hybridized carbons (Fsp3) is 0.250. The first kappa shape index (κ1) is 9.47. The Labute approximate surface area is 75.3 Å². The van der Waals surface area contributed by atoms with Crippen molar-refractivity contribution in [3.63, 3.8) is 0 Å². The number of hydrogen-bond acceptors (Lipinski definition) is 4. The zero-order chi connectivity index (χ0) is 9.84. The SMILES string of the molecule is COc1cccc([N+](=O)[O-])c1CN. The van der Waals surface area contributed by atoms with Crippen molar-refractivity contribution in [2.24, 2.45) is 5.73 Å². The number of ether oxygens (including phenoxy) is 1. The molecule has 0 aliphatic heterocycles. The predicted octanol–water partition coefficient (Wildman–Crippen LogP) is 1.06. The first-order valence-corrected chi connectivity index (χ1v) is 3.71. The highest BCUT2D eigenvalue weighted by Gasteiger charge is 2.15. The fourth-order valence-electron chi connectivity index (χ4n) is 1.12. The molecule has 1 aromatic rings. The van der Waals surface area contributed by atoms with Gasteiger partial charge < -0.3 is 10.5 Å². The van der Waals surface area contributed by atoms with Gasteiger partial charge in [0, 0.05) is 12.6 Å². The van der Waals surface area contributed by atoms with E-state index in [-0.39, 0.29) is 12.2 Å². The predicted molar refractivity (Wildman–Crippen MR) is 47.5 cm³/mol. The van der Waals surface area contributed by atoms with Crippen LogP contribution >= 0.6 is 0 Å². The van der Waals surface area contributed by atoms with Crippen LogP contribution in [0, 0.1) is 10.1 Å². The summed E-state index contributed by atoms with van der Waals surface area (Å²) in [6.07, 6.45) is 0. The summed E-state index contributed by atoms with van der Waals surface area (Å²) in [6.45, 7) is 0.0975. The minimum Gasteiger partial charge on any atom is -0.496 e. The smallest absolute Gasteiger partial charge is 0.277 e. The van der Waals surface area contributed by atoms with Crippen molar-refractivity contribution >= 4 is 5.69 Å². The van der Waals surface area contributed by atoms with E-state index in [9.17, 15) is 10.1 Å². The number of methoxy groups -OCH3 is 1. The molecule has 0 amide bonds. The third kappa shape index (κ3) is 1.75. The molecule has 1 rings (SSSR count). The molecule has 0 atom stereocenters. The zero-order valence-corrected chi connectivity index (χ0v) is 7.19. The minimum atomic E-state index is -0.468. The van der Waals surface area contributed by atoms with E-state index in [2.05, 4.69) is 0 Å². The van der Waals surface area contributed by atoms with Crippen molar-refractivity contribution in [3.05, 3.63) is 33.9 Å². The lowest BCUT2D eigenvalue weighted by molar-refractivity contribution is -0.385. The van der Waals surface area contributed by atoms with Crippen LogP contribution in [0.25, 0.3) is 0 Å². The van der Waals surface area contributed by atoms with Gasteiger partial charge in [-0.1, -0.05) is 6.07 Å². The van der Waals surface area contributed by atoms with E-state index in [1.807, 2.05) is 0 Å². The van der Waals surface area contributed by atoms with E-state index < -0.39 is 4.92 Å². The van der Waals surface area contributed by atoms with Gasteiger partial charge in [0.15, 0.2) is 0 Å². The van der Waals surface area contributed by atoms with Gasteiger partial charge in [-0.05, 0) is 6.07 Å². The van der Waals surface area contributed by atoms with Crippen molar-refractivity contribution < 1.29 is 9.66 Å². The van der Waals surface area contributed by atoms with Crippen molar-refractivity contribution in [1.29, 1.82) is 0 Å². The number of nitrogens with two attached hydrogens (primary N) is 1. The maximum Gasteiger partial charge on any atom is 0.277 e. The third-order valence-corrected chi connectivity index (χ3v) is 1.73. The second-order valence-corrected chi connectivity index (χ2v) is 2.42. The van der Waals surface area contributed by atoms with Gasteiger partial charge in [0.1, 0.15) is 5.75 Å². The maximum absolute atomic E-state index is 10.5. The average Bonchev–Trinajstić information content (AvgIpc) is 2.16. The van der Waals surface area contributed by atoms with E-state index in [0.717, 1.165) is 0 Å². The molecule has 0 radical (unpaired) electrons. The molecule has 0 aliphatic carbocycles. The third-order valence-electron chi connectivity index (χ3n) is 1.73. The normalized spacial score (nSPS) is 9.69. The topological polar surface area (TPSA) is 78.4 Å². The molecule has 0 heterocycles. The molecule has 70 valence electrons. The molecule has 1 aromatic carbocycles. The van der Waals surface area contributed by atoms with Crippen LogP contribution in [0.4, 0.5) is 5.69 Å². The molecule has 0 saturated carbocycles. The number of benzene rings is 1. The van der Waals surface area contributed by atoms with Crippen LogP contribution in [-0.2, 0) is 6.54 Å². The van der Waals surface area contributed by atoms with Crippen molar-refractivity contribution in [1.82, 2.24) is 0 Å². The average molecular weight is 182 g/mol. The zero-order valence-electron chi connectivity index (χ0n) is 7.19. The summed E-state index contributed by atoms with van der Waals surface area (Å²) in [7, 11) is 1.46. The maximum atomic E-state index is 10.5. The Morgan fingerprint density at radius 1 is 1.62 bits per heavy atom. The van der Waals surface area contributed by atoms with Gasteiger partial charge in [-0.2, -0.15) is 0 Å². The quantitative estimate of drug-likeness (QED) is 0.560. The molecule has 0 spiro atoms. The summed E-state index contributed by atoms with van der Waals surface area (Å²) in [5.74, 6) is 0.455. The van der Waals surface area contributed by atoms with Gasteiger partial charge >= 0.3 is 0 Å². The van der Waals surface area contributed by atoms with E-state index >= 15 is 0 Å². The number of nitro benzene ring substituents is 1. The van der Waals surface area contributed by atoms with E-state index in [1.165, 1.54) is 13.2 Å². The second kappa shape index (κ2) is 3.86. The molecule has 0 bridgehead atoms. The molecular weight excluding hydrogens is 172 g/mol. The summed E-state index contributed by atoms with van der Waals surface area (Å²) < 4.78 is 4.94. The van der Waals surface area contributed by atoms with Crippen LogP contribution in [0.3, 0.4) is 0 Å². The molecule has 0 fully saturated rings. The lowest BCUT2D eigenvalue weighted by Gasteiger charge is -2.05. The second-order valence-electron chi connectivity index (χ2n) is 2.42. The lowest BCUT2D eigenvalue weighted by atomic mass is 10.1. The highest BCUT2D eigenvalue weighted by molar-refractivity contribution is 5.49. The Morgan fingerprint density at radius 3 is 2.77 bits per heavy atom. The highest BCUT2D eigenvalue weighted by Crippen LogP contribution is 2.27. The van der Waals surface area contributed by atoms with Crippen LogP contribution in [0.5, 0.6) is 5.75 Å². The molecule has 0 aromatic heterocycles. The fourth-order valence-corrected chi connectivity index (χ4v) is 1.12. The summed E-state index contributed by atoms with van der Waals surface area (Å²) >= 11 is 0. The summed E-state index contributed by atoms with van der Waals surface area (Å²) in [4.78, 5) is 10.1. The Kier molecular flexibility index (Phi) is 2.81. The van der Waals surface area contributed by atoms with E-state index in [1.54, 1.807) is 12.1 Å². The van der Waals surface area contributed by atoms with Crippen LogP contribution in [0.15, 0.2) is 18.2 Å². The van der Waals surface area contributed by atoms with Gasteiger partial charge in [0.2, 0.25) is 0 Å². The van der Waals surface area contributed by atoms with Crippen molar-refractivity contribution in [2.75, 3.05) is 7.11 Å². The molecule has 0 saturated heterocycles. The molecule has 13 heavy (non-hydrogen) atoms. The molecular formula is C8H10N2O3. The van der Waals surface area contributed by atoms with Crippen molar-refractivity contribution in [2.45, 2.75) is 6.54 Å². The molecule has 0 aliphatic rings. The number of hydrogen-bond donors (Lipinski definition) is 1. The Hall–Kier alpha value is -1.62. The first-order valence-electron chi connectivity index (χ1n) is 3.71. The summed E-state index contributed by atoms with van der Waals surface area (Å²) in [5, 5.41) is 10.5. The van der Waals surface area contributed by atoms with Gasteiger partial charge in [-0.25, -0.2) is 0 Å². The Morgan fingerprint density at radius 2 is 2.31 bits per heavy atom. The first-order chi connectivity index (χ1) is 6.20. The van der Waals surface area contributed by atoms with Crippen LogP contribution < -0.4 is 10.5 Å². The van der Waals surface area contributed by atoms with Gasteiger partial charge in [-0.15, -0.1) is 0 Å². The van der Waals surface area contributed by atoms with E-state index in [4.69, 9.17) is 10.5 Å². The van der Waals surface area contributed by atoms with E-state index in [0.29, 0.717) is 11.3 Å². The van der Waals surface area contributed by atoms with Crippen LogP contribution in [0.1, 0.15) is 5.56 Å². The largest absolute Gasteiger partial charge is 0.496 e. The molecule has 0 unspecified atom stereocenters. The Balaban J connectivity index is 3.27. The van der Waals surface area contributed by atoms with Gasteiger partial charge in [-0.3, -0.25) is 10.1 Å². The Bertz CT molecular complexity index is 325. The highest BCUT2D eigenvalue weighted by atomic mass is 16.6. The standard InChI is InChI=1S/C8H10N2O3/c1-13-8-4-2-3-7(10(11)12)6(8)5-9/h2-4H,5,9H2,1H3. The monoisotopic (exact) mass is 182 g/mol. The summed E-state index contributed by atoms with van der Waals surface area (Å²) in [5.41, 5.74) is 5.81. The van der Waals surface area contributed by atoms with Crippen LogP contribution in [-0.4, -0.2) is 12.0 Å². The number of nitrogens with zero attached hydrogens (tertiary/aromatic N) is 1. The molecule has 5 nitrogen and oxygen atoms in total. The van der Waals surface area contributed by atoms with Gasteiger partial charge in [0.25, 0.3) is 5.69 Å². The minimum absolute atomic E-state index is 0.00171. The van der Waals surface area contributed by atoms with Gasteiger partial charge in [0.05, 0.1) is 17.6 Å². The number of nitro groups is 1. The molecule has 5 heteroatoms. The van der Waals surface area contributed by atoms with Crippen LogP contribution in [0.2, 0.25) is 0 Å². The number of rotatable bonds is 3. The molecule has 2 N–H and O–H groups in total.